The molecule has 12 heteroatoms. The second kappa shape index (κ2) is 14.3. The molecule has 2 aromatic carbocycles. The minimum absolute atomic E-state index is 0.147. The van der Waals surface area contributed by atoms with Crippen LogP contribution in [0.4, 0.5) is 4.79 Å². The highest BCUT2D eigenvalue weighted by Gasteiger charge is 2.50. The predicted octanol–water partition coefficient (Wildman–Crippen LogP) is 0.743. The fourth-order valence-corrected chi connectivity index (χ4v) is 4.57. The highest BCUT2D eigenvalue weighted by Crippen LogP contribution is 2.29. The van der Waals surface area contributed by atoms with Gasteiger partial charge in [0.2, 0.25) is 11.8 Å². The van der Waals surface area contributed by atoms with E-state index in [2.05, 4.69) is 21.4 Å². The minimum Gasteiger partial charge on any atom is -0.497 e. The Bertz CT molecular complexity index is 1230. The average Bonchev–Trinajstić information content (AvgIpc) is 3.75. The first-order valence-electron chi connectivity index (χ1n) is 14.0. The number of methoxy groups -OCH3 is 1. The molecule has 4 rings (SSSR count). The third kappa shape index (κ3) is 8.75. The second-order valence-electron chi connectivity index (χ2n) is 10.7. The summed E-state index contributed by atoms with van der Waals surface area (Å²) in [7, 11) is 1.56. The maximum atomic E-state index is 13.7. The number of carbonyl (C=O) groups is 4. The highest BCUT2D eigenvalue weighted by atomic mass is 16.6. The van der Waals surface area contributed by atoms with E-state index in [-0.39, 0.29) is 25.2 Å². The third-order valence-corrected chi connectivity index (χ3v) is 7.26. The van der Waals surface area contributed by atoms with Crippen LogP contribution in [0.5, 0.6) is 5.75 Å². The van der Waals surface area contributed by atoms with Crippen molar-refractivity contribution in [2.45, 2.75) is 50.4 Å². The van der Waals surface area contributed by atoms with E-state index < -0.39 is 41.6 Å². The molecule has 0 saturated carbocycles. The van der Waals surface area contributed by atoms with Crippen LogP contribution in [0.2, 0.25) is 0 Å². The Morgan fingerprint density at radius 1 is 0.881 bits per heavy atom. The topological polar surface area (TPSA) is 151 Å². The minimum atomic E-state index is -1.03. The zero-order valence-electron chi connectivity index (χ0n) is 24.2. The van der Waals surface area contributed by atoms with Gasteiger partial charge < -0.3 is 30.2 Å². The molecule has 4 amide bonds. The van der Waals surface area contributed by atoms with Crippen LogP contribution in [0.3, 0.4) is 0 Å². The zero-order chi connectivity index (χ0) is 30.1. The van der Waals surface area contributed by atoms with Crippen LogP contribution in [0, 0.1) is 0 Å². The van der Waals surface area contributed by atoms with Crippen molar-refractivity contribution in [1.82, 2.24) is 26.4 Å². The molecule has 2 heterocycles. The monoisotopic (exact) mass is 581 g/mol. The lowest BCUT2D eigenvalue weighted by molar-refractivity contribution is -0.133. The van der Waals surface area contributed by atoms with Crippen molar-refractivity contribution in [3.63, 3.8) is 0 Å². The normalized spacial score (nSPS) is 20.4. The van der Waals surface area contributed by atoms with Crippen LogP contribution >= 0.6 is 0 Å². The number of epoxide rings is 1. The summed E-state index contributed by atoms with van der Waals surface area (Å²) in [5, 5.41) is 9.94. The number of urea groups is 1. The molecule has 2 saturated heterocycles. The van der Waals surface area contributed by atoms with Gasteiger partial charge in [0.1, 0.15) is 23.4 Å². The summed E-state index contributed by atoms with van der Waals surface area (Å²) >= 11 is 0. The molecule has 4 atom stereocenters. The highest BCUT2D eigenvalue weighted by molar-refractivity contribution is 5.98. The molecule has 2 aliphatic heterocycles. The first kappa shape index (κ1) is 30.9. The molecular formula is C30H39N5O7. The zero-order valence-corrected chi connectivity index (χ0v) is 24.2. The van der Waals surface area contributed by atoms with E-state index >= 15 is 0 Å². The molecule has 0 aliphatic carbocycles. The molecule has 12 nitrogen and oxygen atoms in total. The van der Waals surface area contributed by atoms with Gasteiger partial charge in [-0.15, -0.1) is 0 Å². The van der Waals surface area contributed by atoms with Gasteiger partial charge in [-0.25, -0.2) is 9.80 Å². The van der Waals surface area contributed by atoms with Gasteiger partial charge in [0, 0.05) is 19.5 Å². The second-order valence-corrected chi connectivity index (χ2v) is 10.7. The van der Waals surface area contributed by atoms with Gasteiger partial charge in [-0.2, -0.15) is 0 Å². The molecule has 2 aromatic rings. The lowest BCUT2D eigenvalue weighted by Crippen LogP contribution is -2.59. The summed E-state index contributed by atoms with van der Waals surface area (Å²) < 4.78 is 15.9. The summed E-state index contributed by atoms with van der Waals surface area (Å²) in [6.07, 6.45) is 0.418. The van der Waals surface area contributed by atoms with Crippen LogP contribution in [-0.4, -0.2) is 92.4 Å². The fourth-order valence-electron chi connectivity index (χ4n) is 4.57. The van der Waals surface area contributed by atoms with Gasteiger partial charge in [0.25, 0.3) is 0 Å². The van der Waals surface area contributed by atoms with E-state index in [0.717, 1.165) is 11.1 Å². The van der Waals surface area contributed by atoms with Gasteiger partial charge in [-0.05, 0) is 43.5 Å². The van der Waals surface area contributed by atoms with Gasteiger partial charge in [-0.1, -0.05) is 42.5 Å². The number of benzene rings is 2. The van der Waals surface area contributed by atoms with Crippen LogP contribution in [0.25, 0.3) is 0 Å². The Labute approximate surface area is 245 Å². The first-order chi connectivity index (χ1) is 20.2. The average molecular weight is 582 g/mol. The molecule has 0 aromatic heterocycles. The van der Waals surface area contributed by atoms with E-state index in [4.69, 9.17) is 14.2 Å². The number of nitrogens with one attached hydrogen (secondary N) is 4. The smallest absolute Gasteiger partial charge is 0.329 e. The molecule has 0 radical (unpaired) electrons. The van der Waals surface area contributed by atoms with Crippen molar-refractivity contribution in [1.29, 1.82) is 0 Å². The summed E-state index contributed by atoms with van der Waals surface area (Å²) in [4.78, 5) is 52.7. The SMILES string of the molecule is COc1ccc(CC(NC(=O)C(C)NC(=O)NN2CCOCC2)C(=O)NC(Cc2ccccc2)C(=O)C2(C)CO2)cc1. The van der Waals surface area contributed by atoms with Gasteiger partial charge in [-0.3, -0.25) is 19.8 Å². The van der Waals surface area contributed by atoms with Crippen molar-refractivity contribution in [3.8, 4) is 5.75 Å². The summed E-state index contributed by atoms with van der Waals surface area (Å²) in [5.74, 6) is -0.657. The van der Waals surface area contributed by atoms with Crippen molar-refractivity contribution in [3.05, 3.63) is 65.7 Å². The Hall–Kier alpha value is -4.00. The summed E-state index contributed by atoms with van der Waals surface area (Å²) in [5.41, 5.74) is 3.39. The largest absolute Gasteiger partial charge is 0.497 e. The van der Waals surface area contributed by atoms with Crippen LogP contribution in [0.1, 0.15) is 25.0 Å². The molecule has 0 spiro atoms. The quantitative estimate of drug-likeness (QED) is 0.253. The first-order valence-corrected chi connectivity index (χ1v) is 14.0. The number of rotatable bonds is 13. The van der Waals surface area contributed by atoms with E-state index in [0.29, 0.717) is 32.1 Å². The van der Waals surface area contributed by atoms with Gasteiger partial charge >= 0.3 is 6.03 Å². The molecule has 2 aliphatic rings. The number of ether oxygens (including phenoxy) is 3. The Morgan fingerprint density at radius 3 is 2.10 bits per heavy atom. The van der Waals surface area contributed by atoms with Crippen LogP contribution < -0.4 is 26.1 Å². The summed E-state index contributed by atoms with van der Waals surface area (Å²) in [6.45, 7) is 5.58. The van der Waals surface area contributed by atoms with Crippen molar-refractivity contribution in [2.75, 3.05) is 40.0 Å². The molecule has 4 unspecified atom stereocenters. The van der Waals surface area contributed by atoms with E-state index in [9.17, 15) is 19.2 Å². The number of carbonyl (C=O) groups excluding carboxylic acids is 4. The Kier molecular flexibility index (Phi) is 10.5. The van der Waals surface area contributed by atoms with Gasteiger partial charge in [0.05, 0.1) is 33.0 Å². The van der Waals surface area contributed by atoms with Crippen LogP contribution in [-0.2, 0) is 36.7 Å². The Balaban J connectivity index is 1.46. The molecule has 0 bridgehead atoms. The summed E-state index contributed by atoms with van der Waals surface area (Å²) in [6, 6.07) is 13.1. The maximum Gasteiger partial charge on any atom is 0.329 e. The van der Waals surface area contributed by atoms with E-state index in [1.807, 2.05) is 30.3 Å². The maximum absolute atomic E-state index is 13.7. The fraction of sp³-hybridized carbons (Fsp3) is 0.467. The predicted molar refractivity (Wildman–Crippen MR) is 154 cm³/mol. The molecule has 226 valence electrons. The van der Waals surface area contributed by atoms with Crippen molar-refractivity contribution < 1.29 is 33.4 Å². The number of Topliss-reactive ketones (excluding diaryl/α,β-unsaturated/α-hetero) is 1. The number of ketones is 1. The number of amides is 4. The third-order valence-electron chi connectivity index (χ3n) is 7.26. The van der Waals surface area contributed by atoms with E-state index in [1.54, 1.807) is 43.3 Å². The van der Waals surface area contributed by atoms with E-state index in [1.165, 1.54) is 6.92 Å². The van der Waals surface area contributed by atoms with Gasteiger partial charge in [0.15, 0.2) is 5.78 Å². The lowest BCUT2D eigenvalue weighted by Gasteiger charge is -2.28. The number of hydrazine groups is 1. The van der Waals surface area contributed by atoms with Crippen molar-refractivity contribution in [2.24, 2.45) is 0 Å². The van der Waals surface area contributed by atoms with Crippen LogP contribution in [0.15, 0.2) is 54.6 Å². The molecular weight excluding hydrogens is 542 g/mol. The molecule has 4 N–H and O–H groups in total. The molecule has 2 fully saturated rings. The lowest BCUT2D eigenvalue weighted by atomic mass is 9.94. The number of hydrogen-bond acceptors (Lipinski definition) is 8. The molecule has 42 heavy (non-hydrogen) atoms. The number of morpholine rings is 1. The van der Waals surface area contributed by atoms with Crippen molar-refractivity contribution >= 4 is 23.6 Å². The standard InChI is InChI=1S/C30H39N5O7/c1-20(31-29(39)34-35-13-15-41-16-14-35)27(37)33-25(18-22-9-11-23(40-3)12-10-22)28(38)32-24(26(36)30(2)19-42-30)17-21-7-5-4-6-8-21/h4-12,20,24-25H,13-19H2,1-3H3,(H,32,38)(H,33,37)(H2,31,34,39). The number of hydrogen-bond donors (Lipinski definition) is 4. The number of nitrogens with zero attached hydrogens (tertiary/aromatic N) is 1. The Morgan fingerprint density at radius 2 is 1.48 bits per heavy atom.